The number of unbranched alkanes of at least 4 members (excludes halogenated alkanes) is 21. The van der Waals surface area contributed by atoms with Crippen LogP contribution in [-0.4, -0.2) is 49.3 Å². The standard InChI is InChI=1S/C55H96NO8P/c1-3-5-7-9-11-13-15-17-19-21-23-25-26-28-30-32-34-36-38-40-42-44-46-48-55(58)64-53(52-63-65(59,60)62-50-49-56)51-61-54(57)47-45-43-41-39-37-35-33-31-29-27-24-22-20-18-16-14-12-10-8-6-4-2/h5,7,11,13,16-19,22-25,29,31,53H,3-4,6,8-10,12,14-15,20-21,26-28,30,32-52,56H2,1-2H3,(H,59,60)/b7-5-,13-11-,18-16-,19-17-,24-22-,25-23-,31-29-. The van der Waals surface area contributed by atoms with E-state index in [0.29, 0.717) is 12.8 Å². The van der Waals surface area contributed by atoms with Crippen LogP contribution in [0.15, 0.2) is 85.1 Å². The number of allylic oxidation sites excluding steroid dienone is 14. The zero-order valence-corrected chi connectivity index (χ0v) is 42.3. The number of esters is 2. The van der Waals surface area contributed by atoms with Gasteiger partial charge in [-0.3, -0.25) is 18.6 Å². The molecular weight excluding hydrogens is 834 g/mol. The molecule has 0 rings (SSSR count). The molecule has 2 atom stereocenters. The summed E-state index contributed by atoms with van der Waals surface area (Å²) in [6.07, 6.45) is 64.7. The van der Waals surface area contributed by atoms with Crippen molar-refractivity contribution in [2.24, 2.45) is 5.73 Å². The zero-order chi connectivity index (χ0) is 47.4. The second-order valence-electron chi connectivity index (χ2n) is 17.0. The van der Waals surface area contributed by atoms with E-state index in [1.807, 2.05) is 0 Å². The second kappa shape index (κ2) is 50.6. The smallest absolute Gasteiger partial charge is 0.462 e. The van der Waals surface area contributed by atoms with Gasteiger partial charge in [-0.1, -0.05) is 202 Å². The molecule has 0 aliphatic carbocycles. The van der Waals surface area contributed by atoms with Gasteiger partial charge in [0.15, 0.2) is 6.10 Å². The summed E-state index contributed by atoms with van der Waals surface area (Å²) >= 11 is 0. The topological polar surface area (TPSA) is 134 Å². The molecule has 0 aliphatic heterocycles. The summed E-state index contributed by atoms with van der Waals surface area (Å²) in [6, 6.07) is 0. The van der Waals surface area contributed by atoms with Gasteiger partial charge >= 0.3 is 19.8 Å². The first-order chi connectivity index (χ1) is 31.8. The fraction of sp³-hybridized carbons (Fsp3) is 0.709. The molecule has 3 N–H and O–H groups in total. The molecule has 374 valence electrons. The maximum absolute atomic E-state index is 12.7. The third-order valence-corrected chi connectivity index (χ3v) is 11.7. The summed E-state index contributed by atoms with van der Waals surface area (Å²) in [7, 11) is -4.39. The molecule has 0 saturated carbocycles. The van der Waals surface area contributed by atoms with Crippen molar-refractivity contribution in [3.05, 3.63) is 85.1 Å². The predicted octanol–water partition coefficient (Wildman–Crippen LogP) is 16.0. The van der Waals surface area contributed by atoms with Crippen LogP contribution in [0, 0.1) is 0 Å². The number of rotatable bonds is 48. The van der Waals surface area contributed by atoms with Crippen LogP contribution in [0.2, 0.25) is 0 Å². The molecule has 0 aromatic heterocycles. The fourth-order valence-corrected chi connectivity index (χ4v) is 7.69. The van der Waals surface area contributed by atoms with Crippen molar-refractivity contribution in [2.75, 3.05) is 26.4 Å². The van der Waals surface area contributed by atoms with Gasteiger partial charge in [0.2, 0.25) is 0 Å². The third kappa shape index (κ3) is 50.4. The lowest BCUT2D eigenvalue weighted by atomic mass is 10.0. The van der Waals surface area contributed by atoms with Crippen LogP contribution < -0.4 is 5.73 Å². The number of carbonyl (C=O) groups excluding carboxylic acids is 2. The van der Waals surface area contributed by atoms with Gasteiger partial charge in [0.1, 0.15) is 6.61 Å². The largest absolute Gasteiger partial charge is 0.472 e. The lowest BCUT2D eigenvalue weighted by Gasteiger charge is -2.19. The molecule has 0 heterocycles. The van der Waals surface area contributed by atoms with E-state index >= 15 is 0 Å². The second-order valence-corrected chi connectivity index (χ2v) is 18.5. The molecule has 2 unspecified atom stereocenters. The number of ether oxygens (including phenoxy) is 2. The third-order valence-electron chi connectivity index (χ3n) is 10.8. The molecule has 0 radical (unpaired) electrons. The first-order valence-electron chi connectivity index (χ1n) is 26.1. The van der Waals surface area contributed by atoms with E-state index in [4.69, 9.17) is 24.3 Å². The maximum Gasteiger partial charge on any atom is 0.472 e. The van der Waals surface area contributed by atoms with Crippen molar-refractivity contribution in [1.82, 2.24) is 0 Å². The van der Waals surface area contributed by atoms with Crippen LogP contribution in [-0.2, 0) is 32.7 Å². The Kier molecular flexibility index (Phi) is 48.4. The Morgan fingerprint density at radius 2 is 0.846 bits per heavy atom. The summed E-state index contributed by atoms with van der Waals surface area (Å²) < 4.78 is 32.9. The van der Waals surface area contributed by atoms with E-state index in [2.05, 4.69) is 98.9 Å². The van der Waals surface area contributed by atoms with Gasteiger partial charge in [0, 0.05) is 19.4 Å². The first kappa shape index (κ1) is 62.2. The van der Waals surface area contributed by atoms with E-state index in [0.717, 1.165) is 89.9 Å². The van der Waals surface area contributed by atoms with Gasteiger partial charge in [0.05, 0.1) is 13.2 Å². The van der Waals surface area contributed by atoms with E-state index in [9.17, 15) is 19.0 Å². The molecule has 0 saturated heterocycles. The van der Waals surface area contributed by atoms with Gasteiger partial charge in [-0.25, -0.2) is 4.57 Å². The highest BCUT2D eigenvalue weighted by Gasteiger charge is 2.26. The summed E-state index contributed by atoms with van der Waals surface area (Å²) in [5, 5.41) is 0. The number of hydrogen-bond donors (Lipinski definition) is 2. The Balaban J connectivity index is 4.09. The van der Waals surface area contributed by atoms with Crippen molar-refractivity contribution in [3.63, 3.8) is 0 Å². The first-order valence-corrected chi connectivity index (χ1v) is 27.6. The Bertz CT molecular complexity index is 1340. The average molecular weight is 930 g/mol. The molecule has 0 bridgehead atoms. The monoisotopic (exact) mass is 930 g/mol. The van der Waals surface area contributed by atoms with Crippen LogP contribution in [0.1, 0.15) is 219 Å². The van der Waals surface area contributed by atoms with E-state index in [-0.39, 0.29) is 32.6 Å². The quantitative estimate of drug-likeness (QED) is 0.0265. The fourth-order valence-electron chi connectivity index (χ4n) is 6.93. The summed E-state index contributed by atoms with van der Waals surface area (Å²) in [5.41, 5.74) is 5.37. The maximum atomic E-state index is 12.7. The Morgan fingerprint density at radius 1 is 0.477 bits per heavy atom. The summed E-state index contributed by atoms with van der Waals surface area (Å²) in [6.45, 7) is 3.60. The highest BCUT2D eigenvalue weighted by atomic mass is 31.2. The van der Waals surface area contributed by atoms with Crippen molar-refractivity contribution in [2.45, 2.75) is 225 Å². The minimum absolute atomic E-state index is 0.0467. The lowest BCUT2D eigenvalue weighted by Crippen LogP contribution is -2.29. The Labute approximate surface area is 398 Å². The molecule has 9 nitrogen and oxygen atoms in total. The highest BCUT2D eigenvalue weighted by molar-refractivity contribution is 7.47. The zero-order valence-electron chi connectivity index (χ0n) is 41.4. The molecule has 0 amide bonds. The van der Waals surface area contributed by atoms with Crippen LogP contribution in [0.25, 0.3) is 0 Å². The summed E-state index contributed by atoms with van der Waals surface area (Å²) in [4.78, 5) is 35.1. The van der Waals surface area contributed by atoms with Gasteiger partial charge in [-0.05, 0) is 89.9 Å². The molecule has 0 aliphatic rings. The number of phosphoric ester groups is 1. The van der Waals surface area contributed by atoms with Gasteiger partial charge in [0.25, 0.3) is 0 Å². The molecule has 10 heteroatoms. The normalized spacial score (nSPS) is 13.8. The number of nitrogens with two attached hydrogens (primary N) is 1. The molecule has 0 spiro atoms. The van der Waals surface area contributed by atoms with Gasteiger partial charge in [-0.15, -0.1) is 0 Å². The van der Waals surface area contributed by atoms with Gasteiger partial charge in [-0.2, -0.15) is 0 Å². The van der Waals surface area contributed by atoms with Crippen LogP contribution in [0.3, 0.4) is 0 Å². The average Bonchev–Trinajstić information content (AvgIpc) is 3.30. The van der Waals surface area contributed by atoms with E-state index < -0.39 is 32.5 Å². The number of phosphoric acid groups is 1. The Hall–Kier alpha value is -2.81. The van der Waals surface area contributed by atoms with Crippen molar-refractivity contribution < 1.29 is 37.6 Å². The molecular formula is C55H96NO8P. The van der Waals surface area contributed by atoms with E-state index in [1.165, 1.54) is 89.9 Å². The molecule has 0 aromatic carbocycles. The highest BCUT2D eigenvalue weighted by Crippen LogP contribution is 2.43. The van der Waals surface area contributed by atoms with Crippen LogP contribution in [0.5, 0.6) is 0 Å². The van der Waals surface area contributed by atoms with E-state index in [1.54, 1.807) is 0 Å². The van der Waals surface area contributed by atoms with Crippen molar-refractivity contribution in [3.8, 4) is 0 Å². The minimum Gasteiger partial charge on any atom is -0.462 e. The lowest BCUT2D eigenvalue weighted by molar-refractivity contribution is -0.161. The summed E-state index contributed by atoms with van der Waals surface area (Å²) in [5.74, 6) is -0.850. The molecule has 0 fully saturated rings. The van der Waals surface area contributed by atoms with Gasteiger partial charge < -0.3 is 20.1 Å². The SMILES string of the molecule is CC/C=C\C/C=C\C/C=C\C/C=C\CCCCCCCCCCCCC(=O)OC(COC(=O)CCCCCCCC/C=C\C/C=C\C/C=C\CCCCCCC)COP(=O)(O)OCCN. The van der Waals surface area contributed by atoms with Crippen molar-refractivity contribution >= 4 is 19.8 Å². The molecule has 65 heavy (non-hydrogen) atoms. The van der Waals surface area contributed by atoms with Crippen molar-refractivity contribution in [1.29, 1.82) is 0 Å². The van der Waals surface area contributed by atoms with Crippen LogP contribution >= 0.6 is 7.82 Å². The predicted molar refractivity (Wildman–Crippen MR) is 275 cm³/mol. The van der Waals surface area contributed by atoms with Crippen LogP contribution in [0.4, 0.5) is 0 Å². The Morgan fingerprint density at radius 3 is 1.26 bits per heavy atom. The number of carbonyl (C=O) groups is 2. The number of hydrogen-bond acceptors (Lipinski definition) is 8. The molecule has 0 aromatic rings. The minimum atomic E-state index is -4.39.